The molecule has 2 aromatic carbocycles. The summed E-state index contributed by atoms with van der Waals surface area (Å²) >= 11 is 0. The second-order valence-corrected chi connectivity index (χ2v) is 12.6. The van der Waals surface area contributed by atoms with Crippen LogP contribution in [-0.4, -0.2) is 66.3 Å². The van der Waals surface area contributed by atoms with Gasteiger partial charge in [0.2, 0.25) is 6.54 Å². The zero-order valence-corrected chi connectivity index (χ0v) is 25.7. The molecule has 0 radical (unpaired) electrons. The molecule has 2 saturated heterocycles. The fourth-order valence-electron chi connectivity index (χ4n) is 7.46. The highest BCUT2D eigenvalue weighted by Crippen LogP contribution is 2.37. The standard InChI is InChI=1S/C36H44N6O/c1-6-26(4)30-16-20-41(22-28(30)21-37-5)35-32-17-19-40(34-15-9-12-27-11-7-8-14-31(27)34)23-33(32)38-36(39-35)43-24-29-13-10-18-42(29)25(2)3/h6-9,11-12,14-15,25,28-30H,1,4,10,13,16-24H2,2-3H3/t28?,29-,30?/m0/s1. The Labute approximate surface area is 256 Å². The quantitative estimate of drug-likeness (QED) is 0.213. The molecule has 7 nitrogen and oxygen atoms in total. The summed E-state index contributed by atoms with van der Waals surface area (Å²) in [4.78, 5) is 21.4. The minimum Gasteiger partial charge on any atom is -0.462 e. The molecule has 0 spiro atoms. The van der Waals surface area contributed by atoms with E-state index in [1.807, 2.05) is 6.08 Å². The second kappa shape index (κ2) is 12.8. The summed E-state index contributed by atoms with van der Waals surface area (Å²) in [6, 6.07) is 16.5. The predicted octanol–water partition coefficient (Wildman–Crippen LogP) is 6.55. The largest absolute Gasteiger partial charge is 0.462 e. The van der Waals surface area contributed by atoms with Crippen molar-refractivity contribution in [3.63, 3.8) is 0 Å². The maximum absolute atomic E-state index is 7.62. The van der Waals surface area contributed by atoms with Crippen LogP contribution < -0.4 is 14.5 Å². The molecule has 0 aliphatic carbocycles. The van der Waals surface area contributed by atoms with Crippen LogP contribution in [0.2, 0.25) is 0 Å². The lowest BCUT2D eigenvalue weighted by Crippen LogP contribution is -2.44. The van der Waals surface area contributed by atoms with E-state index in [0.717, 1.165) is 62.5 Å². The highest BCUT2D eigenvalue weighted by molar-refractivity contribution is 5.94. The van der Waals surface area contributed by atoms with Crippen molar-refractivity contribution < 1.29 is 4.74 Å². The van der Waals surface area contributed by atoms with E-state index in [4.69, 9.17) is 21.3 Å². The average molecular weight is 577 g/mol. The van der Waals surface area contributed by atoms with Gasteiger partial charge in [-0.2, -0.15) is 9.97 Å². The third-order valence-corrected chi connectivity index (χ3v) is 9.72. The lowest BCUT2D eigenvalue weighted by Gasteiger charge is -2.39. The van der Waals surface area contributed by atoms with Gasteiger partial charge in [0.05, 0.1) is 18.2 Å². The topological polar surface area (TPSA) is 49.1 Å². The molecule has 3 aromatic rings. The van der Waals surface area contributed by atoms with Crippen molar-refractivity contribution in [2.75, 3.05) is 49.1 Å². The second-order valence-electron chi connectivity index (χ2n) is 12.6. The highest BCUT2D eigenvalue weighted by Gasteiger charge is 2.35. The molecule has 0 saturated carbocycles. The number of allylic oxidation sites excluding steroid dienone is 2. The van der Waals surface area contributed by atoms with Gasteiger partial charge in [0.25, 0.3) is 0 Å². The van der Waals surface area contributed by atoms with Crippen molar-refractivity contribution in [3.8, 4) is 6.01 Å². The van der Waals surface area contributed by atoms with E-state index >= 15 is 0 Å². The zero-order valence-electron chi connectivity index (χ0n) is 25.7. The Morgan fingerprint density at radius 3 is 2.74 bits per heavy atom. The van der Waals surface area contributed by atoms with E-state index in [1.54, 1.807) is 0 Å². The first kappa shape index (κ1) is 29.2. The Morgan fingerprint density at radius 1 is 1.09 bits per heavy atom. The van der Waals surface area contributed by atoms with E-state index in [-0.39, 0.29) is 11.8 Å². The van der Waals surface area contributed by atoms with Crippen LogP contribution in [0.3, 0.4) is 0 Å². The normalized spacial score (nSPS) is 22.4. The van der Waals surface area contributed by atoms with Crippen LogP contribution >= 0.6 is 0 Å². The van der Waals surface area contributed by atoms with Gasteiger partial charge >= 0.3 is 6.01 Å². The summed E-state index contributed by atoms with van der Waals surface area (Å²) < 4.78 is 6.45. The van der Waals surface area contributed by atoms with E-state index in [0.29, 0.717) is 37.8 Å². The molecule has 3 aliphatic rings. The minimum atomic E-state index is 0.195. The Morgan fingerprint density at radius 2 is 1.93 bits per heavy atom. The Hall–Kier alpha value is -3.89. The van der Waals surface area contributed by atoms with E-state index in [1.165, 1.54) is 28.4 Å². The van der Waals surface area contributed by atoms with E-state index in [2.05, 4.69) is 89.0 Å². The summed E-state index contributed by atoms with van der Waals surface area (Å²) in [6.45, 7) is 25.8. The molecular weight excluding hydrogens is 532 g/mol. The van der Waals surface area contributed by atoms with Gasteiger partial charge in [0.15, 0.2) is 0 Å². The van der Waals surface area contributed by atoms with Crippen molar-refractivity contribution in [1.82, 2.24) is 14.9 Å². The summed E-state index contributed by atoms with van der Waals surface area (Å²) in [6.07, 6.45) is 6.01. The number of ether oxygens (including phenoxy) is 1. The molecule has 3 atom stereocenters. The molecule has 43 heavy (non-hydrogen) atoms. The van der Waals surface area contributed by atoms with Crippen LogP contribution in [-0.2, 0) is 13.0 Å². The van der Waals surface area contributed by atoms with Gasteiger partial charge in [-0.15, -0.1) is 0 Å². The summed E-state index contributed by atoms with van der Waals surface area (Å²) in [7, 11) is 0. The number of anilines is 2. The molecule has 4 heterocycles. The molecule has 6 rings (SSSR count). The molecule has 2 fully saturated rings. The molecular formula is C36H44N6O. The predicted molar refractivity (Wildman–Crippen MR) is 176 cm³/mol. The molecule has 0 amide bonds. The first-order valence-corrected chi connectivity index (χ1v) is 15.9. The monoisotopic (exact) mass is 576 g/mol. The minimum absolute atomic E-state index is 0.195. The number of nitrogens with zero attached hydrogens (tertiary/aromatic N) is 6. The van der Waals surface area contributed by atoms with Gasteiger partial charge in [-0.05, 0) is 63.4 Å². The van der Waals surface area contributed by atoms with Gasteiger partial charge in [-0.3, -0.25) is 4.90 Å². The molecule has 3 aliphatic heterocycles. The lowest BCUT2D eigenvalue weighted by molar-refractivity contribution is 0.138. The molecule has 7 heteroatoms. The Kier molecular flexibility index (Phi) is 8.67. The van der Waals surface area contributed by atoms with E-state index < -0.39 is 0 Å². The lowest BCUT2D eigenvalue weighted by atomic mass is 9.80. The third-order valence-electron chi connectivity index (χ3n) is 9.72. The fraction of sp³-hybridized carbons (Fsp3) is 0.472. The fourth-order valence-corrected chi connectivity index (χ4v) is 7.46. The van der Waals surface area contributed by atoms with Crippen LogP contribution in [0.15, 0.2) is 67.3 Å². The Balaban J connectivity index is 1.32. The average Bonchev–Trinajstić information content (AvgIpc) is 3.52. The van der Waals surface area contributed by atoms with Gasteiger partial charge < -0.3 is 19.4 Å². The van der Waals surface area contributed by atoms with Gasteiger partial charge in [0.1, 0.15) is 12.4 Å². The summed E-state index contributed by atoms with van der Waals surface area (Å²) in [5, 5.41) is 2.51. The van der Waals surface area contributed by atoms with Crippen molar-refractivity contribution in [1.29, 1.82) is 0 Å². The summed E-state index contributed by atoms with van der Waals surface area (Å²) in [5.74, 6) is 1.46. The maximum Gasteiger partial charge on any atom is 0.318 e. The Bertz CT molecular complexity index is 1520. The van der Waals surface area contributed by atoms with Crippen LogP contribution in [0.4, 0.5) is 11.5 Å². The number of rotatable bonds is 9. The molecule has 1 aromatic heterocycles. The molecule has 0 bridgehead atoms. The molecule has 224 valence electrons. The summed E-state index contributed by atoms with van der Waals surface area (Å²) in [5.41, 5.74) is 4.55. The van der Waals surface area contributed by atoms with Gasteiger partial charge in [-0.25, -0.2) is 6.57 Å². The zero-order chi connectivity index (χ0) is 29.9. The van der Waals surface area contributed by atoms with Crippen LogP contribution in [0, 0.1) is 18.4 Å². The first-order valence-electron chi connectivity index (χ1n) is 15.9. The van der Waals surface area contributed by atoms with Crippen molar-refractivity contribution in [2.24, 2.45) is 11.8 Å². The van der Waals surface area contributed by atoms with Crippen LogP contribution in [0.1, 0.15) is 44.4 Å². The number of benzene rings is 2. The number of likely N-dealkylation sites (tertiary alicyclic amines) is 1. The van der Waals surface area contributed by atoms with Crippen LogP contribution in [0.5, 0.6) is 6.01 Å². The van der Waals surface area contributed by atoms with E-state index in [9.17, 15) is 0 Å². The smallest absolute Gasteiger partial charge is 0.318 e. The highest BCUT2D eigenvalue weighted by atomic mass is 16.5. The van der Waals surface area contributed by atoms with Crippen LogP contribution in [0.25, 0.3) is 15.6 Å². The number of hydrogen-bond acceptors (Lipinski definition) is 6. The van der Waals surface area contributed by atoms with Crippen molar-refractivity contribution >= 4 is 22.3 Å². The van der Waals surface area contributed by atoms with Gasteiger partial charge in [0, 0.05) is 48.4 Å². The number of aromatic nitrogens is 2. The number of hydrogen-bond donors (Lipinski definition) is 0. The first-order chi connectivity index (χ1) is 21.0. The number of fused-ring (bicyclic) bond motifs is 2. The van der Waals surface area contributed by atoms with Crippen molar-refractivity contribution in [3.05, 3.63) is 89.9 Å². The number of piperidine rings is 1. The third kappa shape index (κ3) is 5.99. The molecule has 0 N–H and O–H groups in total. The maximum atomic E-state index is 7.62. The molecule has 2 unspecified atom stereocenters. The van der Waals surface area contributed by atoms with Crippen molar-refractivity contribution in [2.45, 2.75) is 58.2 Å². The van der Waals surface area contributed by atoms with Gasteiger partial charge in [-0.1, -0.05) is 61.2 Å². The SMILES string of the molecule is [C-]#[N+]CC1CN(c2nc(OC[C@@H]3CCCN3C(C)C)nc3c2CCN(c2cccc4ccccc24)C3)CCC1C(=C)C=C.